The van der Waals surface area contributed by atoms with E-state index < -0.39 is 0 Å². The summed E-state index contributed by atoms with van der Waals surface area (Å²) in [4.78, 5) is 0. The van der Waals surface area contributed by atoms with E-state index in [1.807, 2.05) is 30.7 Å². The lowest BCUT2D eigenvalue weighted by Crippen LogP contribution is -2.05. The molecule has 17 heavy (non-hydrogen) atoms. The summed E-state index contributed by atoms with van der Waals surface area (Å²) in [6.45, 7) is 4.40. The molecule has 0 radical (unpaired) electrons. The maximum atomic E-state index is 6.14. The standard InChI is InChI=1S/C12H13Cl2N3/c1-7-12(15)8(2)17(16-7)6-9-4-3-5-10(13)11(9)14/h3-5H,6,15H2,1-2H3. The first-order valence-electron chi connectivity index (χ1n) is 5.23. The van der Waals surface area contributed by atoms with Crippen molar-refractivity contribution in [3.63, 3.8) is 0 Å². The number of nitrogens with two attached hydrogens (primary N) is 1. The highest BCUT2D eigenvalue weighted by atomic mass is 35.5. The highest BCUT2D eigenvalue weighted by molar-refractivity contribution is 6.42. The van der Waals surface area contributed by atoms with Crippen LogP contribution in [0.1, 0.15) is 17.0 Å². The fourth-order valence-electron chi connectivity index (χ4n) is 1.70. The van der Waals surface area contributed by atoms with E-state index in [4.69, 9.17) is 28.9 Å². The second kappa shape index (κ2) is 4.59. The molecule has 2 aromatic rings. The van der Waals surface area contributed by atoms with Gasteiger partial charge in [0.25, 0.3) is 0 Å². The van der Waals surface area contributed by atoms with Gasteiger partial charge in [0.05, 0.1) is 33.7 Å². The number of nitrogens with zero attached hydrogens (tertiary/aromatic N) is 2. The van der Waals surface area contributed by atoms with Gasteiger partial charge < -0.3 is 5.73 Å². The van der Waals surface area contributed by atoms with Gasteiger partial charge in [-0.15, -0.1) is 0 Å². The molecule has 0 aliphatic heterocycles. The van der Waals surface area contributed by atoms with Crippen LogP contribution in [0.15, 0.2) is 18.2 Å². The van der Waals surface area contributed by atoms with Crippen molar-refractivity contribution in [1.82, 2.24) is 9.78 Å². The van der Waals surface area contributed by atoms with Crippen LogP contribution in [-0.2, 0) is 6.54 Å². The van der Waals surface area contributed by atoms with Gasteiger partial charge in [0.1, 0.15) is 0 Å². The van der Waals surface area contributed by atoms with E-state index in [1.165, 1.54) is 0 Å². The highest BCUT2D eigenvalue weighted by Gasteiger charge is 2.10. The molecule has 0 fully saturated rings. The maximum absolute atomic E-state index is 6.14. The minimum atomic E-state index is 0.554. The molecule has 1 aromatic heterocycles. The summed E-state index contributed by atoms with van der Waals surface area (Å²) in [5.41, 5.74) is 9.32. The van der Waals surface area contributed by atoms with Crippen molar-refractivity contribution in [3.05, 3.63) is 45.2 Å². The van der Waals surface area contributed by atoms with E-state index in [0.717, 1.165) is 22.6 Å². The molecule has 90 valence electrons. The Labute approximate surface area is 110 Å². The molecule has 0 saturated heterocycles. The van der Waals surface area contributed by atoms with Crippen LogP contribution < -0.4 is 5.73 Å². The molecule has 2 rings (SSSR count). The summed E-state index contributed by atoms with van der Waals surface area (Å²) in [5.74, 6) is 0. The SMILES string of the molecule is Cc1nn(Cc2cccc(Cl)c2Cl)c(C)c1N. The van der Waals surface area contributed by atoms with Gasteiger partial charge in [-0.3, -0.25) is 4.68 Å². The van der Waals surface area contributed by atoms with Crippen molar-refractivity contribution in [2.75, 3.05) is 5.73 Å². The second-order valence-electron chi connectivity index (χ2n) is 3.96. The van der Waals surface area contributed by atoms with E-state index in [1.54, 1.807) is 6.07 Å². The molecule has 0 aliphatic rings. The van der Waals surface area contributed by atoms with Crippen LogP contribution in [0.4, 0.5) is 5.69 Å². The van der Waals surface area contributed by atoms with Crippen LogP contribution in [0.3, 0.4) is 0 Å². The summed E-state index contributed by atoms with van der Waals surface area (Å²) in [6.07, 6.45) is 0. The van der Waals surface area contributed by atoms with Gasteiger partial charge in [-0.1, -0.05) is 35.3 Å². The number of anilines is 1. The van der Waals surface area contributed by atoms with Crippen molar-refractivity contribution >= 4 is 28.9 Å². The summed E-state index contributed by atoms with van der Waals surface area (Å²) in [5, 5.41) is 5.49. The first-order valence-corrected chi connectivity index (χ1v) is 5.98. The molecule has 3 nitrogen and oxygen atoms in total. The van der Waals surface area contributed by atoms with Gasteiger partial charge >= 0.3 is 0 Å². The maximum Gasteiger partial charge on any atom is 0.0826 e. The third-order valence-corrected chi connectivity index (χ3v) is 3.65. The Morgan fingerprint density at radius 1 is 1.29 bits per heavy atom. The lowest BCUT2D eigenvalue weighted by atomic mass is 10.2. The number of aromatic nitrogens is 2. The Kier molecular flexibility index (Phi) is 3.31. The zero-order valence-electron chi connectivity index (χ0n) is 9.67. The zero-order chi connectivity index (χ0) is 12.6. The molecule has 1 aromatic carbocycles. The molecular weight excluding hydrogens is 257 g/mol. The normalized spacial score (nSPS) is 10.8. The topological polar surface area (TPSA) is 43.8 Å². The number of rotatable bonds is 2. The predicted molar refractivity (Wildman–Crippen MR) is 71.7 cm³/mol. The summed E-state index contributed by atoms with van der Waals surface area (Å²) in [7, 11) is 0. The summed E-state index contributed by atoms with van der Waals surface area (Å²) < 4.78 is 1.84. The molecule has 0 spiro atoms. The predicted octanol–water partition coefficient (Wildman–Crippen LogP) is 3.44. The average molecular weight is 270 g/mol. The number of aryl methyl sites for hydroxylation is 1. The van der Waals surface area contributed by atoms with Gasteiger partial charge in [0.2, 0.25) is 0 Å². The van der Waals surface area contributed by atoms with E-state index in [9.17, 15) is 0 Å². The number of hydrogen-bond acceptors (Lipinski definition) is 2. The van der Waals surface area contributed by atoms with Gasteiger partial charge in [-0.25, -0.2) is 0 Å². The number of nitrogen functional groups attached to an aromatic ring is 1. The van der Waals surface area contributed by atoms with Gasteiger partial charge in [0, 0.05) is 0 Å². The molecular formula is C12H13Cl2N3. The first-order chi connectivity index (χ1) is 8.00. The zero-order valence-corrected chi connectivity index (χ0v) is 11.2. The Morgan fingerprint density at radius 2 is 2.00 bits per heavy atom. The van der Waals surface area contributed by atoms with Crippen LogP contribution in [-0.4, -0.2) is 9.78 Å². The summed E-state index contributed by atoms with van der Waals surface area (Å²) >= 11 is 12.1. The van der Waals surface area contributed by atoms with E-state index in [0.29, 0.717) is 16.6 Å². The van der Waals surface area contributed by atoms with Crippen molar-refractivity contribution < 1.29 is 0 Å². The van der Waals surface area contributed by atoms with Crippen LogP contribution >= 0.6 is 23.2 Å². The molecule has 0 atom stereocenters. The molecule has 1 heterocycles. The Morgan fingerprint density at radius 3 is 2.59 bits per heavy atom. The first kappa shape index (κ1) is 12.3. The van der Waals surface area contributed by atoms with Crippen LogP contribution in [0.2, 0.25) is 10.0 Å². The van der Waals surface area contributed by atoms with Crippen molar-refractivity contribution in [3.8, 4) is 0 Å². The Bertz CT molecular complexity index is 561. The van der Waals surface area contributed by atoms with Crippen molar-refractivity contribution in [2.24, 2.45) is 0 Å². The van der Waals surface area contributed by atoms with Gasteiger partial charge in [0.15, 0.2) is 0 Å². The smallest absolute Gasteiger partial charge is 0.0826 e. The largest absolute Gasteiger partial charge is 0.396 e. The van der Waals surface area contributed by atoms with Gasteiger partial charge in [-0.05, 0) is 25.5 Å². The number of halogens is 2. The molecule has 5 heteroatoms. The minimum Gasteiger partial charge on any atom is -0.396 e. The van der Waals surface area contributed by atoms with E-state index in [-0.39, 0.29) is 0 Å². The van der Waals surface area contributed by atoms with Crippen LogP contribution in [0, 0.1) is 13.8 Å². The molecule has 2 N–H and O–H groups in total. The minimum absolute atomic E-state index is 0.554. The third-order valence-electron chi connectivity index (χ3n) is 2.79. The Hall–Kier alpha value is -1.19. The molecule has 0 unspecified atom stereocenters. The quantitative estimate of drug-likeness (QED) is 0.908. The summed E-state index contributed by atoms with van der Waals surface area (Å²) in [6, 6.07) is 5.57. The lowest BCUT2D eigenvalue weighted by molar-refractivity contribution is 0.659. The van der Waals surface area contributed by atoms with E-state index >= 15 is 0 Å². The van der Waals surface area contributed by atoms with E-state index in [2.05, 4.69) is 5.10 Å². The molecule has 0 saturated carbocycles. The number of benzene rings is 1. The van der Waals surface area contributed by atoms with Crippen LogP contribution in [0.5, 0.6) is 0 Å². The van der Waals surface area contributed by atoms with Crippen molar-refractivity contribution in [1.29, 1.82) is 0 Å². The molecule has 0 bridgehead atoms. The monoisotopic (exact) mass is 269 g/mol. The molecule has 0 aliphatic carbocycles. The second-order valence-corrected chi connectivity index (χ2v) is 4.74. The Balaban J connectivity index is 2.38. The molecule has 0 amide bonds. The van der Waals surface area contributed by atoms with Gasteiger partial charge in [-0.2, -0.15) is 5.10 Å². The number of hydrogen-bond donors (Lipinski definition) is 1. The van der Waals surface area contributed by atoms with Crippen molar-refractivity contribution in [2.45, 2.75) is 20.4 Å². The fraction of sp³-hybridized carbons (Fsp3) is 0.250. The van der Waals surface area contributed by atoms with Crippen LogP contribution in [0.25, 0.3) is 0 Å². The fourth-order valence-corrected chi connectivity index (χ4v) is 2.08. The average Bonchev–Trinajstić information content (AvgIpc) is 2.53. The lowest BCUT2D eigenvalue weighted by Gasteiger charge is -2.07. The highest BCUT2D eigenvalue weighted by Crippen LogP contribution is 2.27. The third kappa shape index (κ3) is 2.26.